The molecule has 100 valence electrons. The highest BCUT2D eigenvalue weighted by molar-refractivity contribution is 5.95. The topological polar surface area (TPSA) is 51.8 Å². The molecule has 0 aliphatic rings. The molecule has 1 aromatic heterocycles. The van der Waals surface area contributed by atoms with Crippen molar-refractivity contribution in [1.29, 1.82) is 0 Å². The number of aryl methyl sites for hydroxylation is 1. The van der Waals surface area contributed by atoms with Gasteiger partial charge in [0.05, 0.1) is 5.69 Å². The summed E-state index contributed by atoms with van der Waals surface area (Å²) >= 11 is 0. The fraction of sp³-hybridized carbons (Fsp3) is 0.125. The van der Waals surface area contributed by atoms with E-state index in [-0.39, 0.29) is 5.82 Å². The molecule has 3 aromatic rings. The molecule has 3 rings (SSSR count). The normalized spacial score (nSPS) is 10.9. The van der Waals surface area contributed by atoms with Gasteiger partial charge >= 0.3 is 0 Å². The first-order valence-corrected chi connectivity index (χ1v) is 6.41. The first kappa shape index (κ1) is 12.7. The molecule has 2 N–H and O–H groups in total. The van der Waals surface area contributed by atoms with Crippen LogP contribution >= 0.6 is 0 Å². The molecule has 0 saturated heterocycles. The van der Waals surface area contributed by atoms with Crippen molar-refractivity contribution in [1.82, 2.24) is 9.97 Å². The Kier molecular flexibility index (Phi) is 3.16. The van der Waals surface area contributed by atoms with Crippen LogP contribution in [0.1, 0.15) is 11.4 Å². The molecule has 0 aliphatic carbocycles. The highest BCUT2D eigenvalue weighted by Gasteiger charge is 2.10. The van der Waals surface area contributed by atoms with E-state index >= 15 is 0 Å². The second kappa shape index (κ2) is 4.98. The maximum Gasteiger partial charge on any atom is 0.160 e. The summed E-state index contributed by atoms with van der Waals surface area (Å²) in [7, 11) is 0. The third kappa shape index (κ3) is 2.14. The molecular formula is C16H14FN3. The lowest BCUT2D eigenvalue weighted by Crippen LogP contribution is -2.03. The Morgan fingerprint density at radius 3 is 2.55 bits per heavy atom. The maximum atomic E-state index is 13.8. The summed E-state index contributed by atoms with van der Waals surface area (Å²) < 4.78 is 13.8. The van der Waals surface area contributed by atoms with E-state index in [4.69, 9.17) is 5.73 Å². The number of fused-ring (bicyclic) bond motifs is 1. The van der Waals surface area contributed by atoms with E-state index in [2.05, 4.69) is 9.97 Å². The van der Waals surface area contributed by atoms with Gasteiger partial charge in [-0.05, 0) is 30.5 Å². The number of aromatic nitrogens is 2. The summed E-state index contributed by atoms with van der Waals surface area (Å²) in [6.07, 6.45) is 0. The van der Waals surface area contributed by atoms with Gasteiger partial charge in [0.15, 0.2) is 5.82 Å². The molecular weight excluding hydrogens is 253 g/mol. The monoisotopic (exact) mass is 267 g/mol. The molecule has 0 amide bonds. The third-order valence-corrected chi connectivity index (χ3v) is 3.23. The van der Waals surface area contributed by atoms with Crippen LogP contribution in [0.25, 0.3) is 22.2 Å². The Morgan fingerprint density at radius 1 is 1.05 bits per heavy atom. The van der Waals surface area contributed by atoms with Crippen LogP contribution in [0.3, 0.4) is 0 Å². The van der Waals surface area contributed by atoms with Crippen LogP contribution < -0.4 is 5.73 Å². The third-order valence-electron chi connectivity index (χ3n) is 3.23. The van der Waals surface area contributed by atoms with Crippen LogP contribution in [0, 0.1) is 12.7 Å². The van der Waals surface area contributed by atoms with E-state index < -0.39 is 0 Å². The second-order valence-electron chi connectivity index (χ2n) is 4.67. The van der Waals surface area contributed by atoms with Gasteiger partial charge in [0.2, 0.25) is 0 Å². The fourth-order valence-corrected chi connectivity index (χ4v) is 2.32. The van der Waals surface area contributed by atoms with Gasteiger partial charge in [-0.3, -0.25) is 0 Å². The number of hydrogen-bond acceptors (Lipinski definition) is 3. The molecule has 4 heteroatoms. The molecule has 0 fully saturated rings. The Bertz CT molecular complexity index is 784. The van der Waals surface area contributed by atoms with Gasteiger partial charge in [-0.25, -0.2) is 14.4 Å². The number of nitrogens with two attached hydrogens (primary N) is 1. The van der Waals surface area contributed by atoms with Crippen molar-refractivity contribution in [3.05, 3.63) is 59.7 Å². The summed E-state index contributed by atoms with van der Waals surface area (Å²) in [6, 6.07) is 12.4. The zero-order valence-electron chi connectivity index (χ0n) is 11.1. The molecule has 0 saturated carbocycles. The number of halogens is 1. The predicted octanol–water partition coefficient (Wildman–Crippen LogP) is 3.20. The number of nitrogens with zero attached hydrogens (tertiary/aromatic N) is 2. The number of benzene rings is 2. The summed E-state index contributed by atoms with van der Waals surface area (Å²) in [4.78, 5) is 8.89. The fourth-order valence-electron chi connectivity index (χ4n) is 2.32. The van der Waals surface area contributed by atoms with Crippen LogP contribution in [0.15, 0.2) is 42.5 Å². The Labute approximate surface area is 116 Å². The molecule has 0 spiro atoms. The lowest BCUT2D eigenvalue weighted by atomic mass is 10.0. The lowest BCUT2D eigenvalue weighted by molar-refractivity contribution is 0.640. The molecule has 20 heavy (non-hydrogen) atoms. The van der Waals surface area contributed by atoms with Gasteiger partial charge in [-0.15, -0.1) is 0 Å². The Hall–Kier alpha value is -2.33. The standard InChI is InChI=1S/C16H14FN3/c1-10-8-11(9-18)20-16(19-10)14-6-7-15(17)13-5-3-2-4-12(13)14/h2-8H,9,18H2,1H3. The highest BCUT2D eigenvalue weighted by atomic mass is 19.1. The van der Waals surface area contributed by atoms with Crippen molar-refractivity contribution >= 4 is 10.8 Å². The minimum absolute atomic E-state index is 0.240. The van der Waals surface area contributed by atoms with Gasteiger partial charge in [0, 0.05) is 23.2 Å². The molecule has 0 aliphatic heterocycles. The zero-order valence-corrected chi connectivity index (χ0v) is 11.1. The summed E-state index contributed by atoms with van der Waals surface area (Å²) in [5, 5.41) is 1.38. The van der Waals surface area contributed by atoms with Crippen LogP contribution in [-0.2, 0) is 6.54 Å². The van der Waals surface area contributed by atoms with Crippen molar-refractivity contribution in [2.75, 3.05) is 0 Å². The molecule has 0 radical (unpaired) electrons. The van der Waals surface area contributed by atoms with Crippen molar-refractivity contribution < 1.29 is 4.39 Å². The van der Waals surface area contributed by atoms with Crippen molar-refractivity contribution in [3.63, 3.8) is 0 Å². The van der Waals surface area contributed by atoms with Crippen LogP contribution in [0.5, 0.6) is 0 Å². The zero-order chi connectivity index (χ0) is 14.1. The average molecular weight is 267 g/mol. The molecule has 3 nitrogen and oxygen atoms in total. The quantitative estimate of drug-likeness (QED) is 0.775. The minimum atomic E-state index is -0.240. The van der Waals surface area contributed by atoms with E-state index in [0.717, 1.165) is 22.3 Å². The highest BCUT2D eigenvalue weighted by Crippen LogP contribution is 2.28. The lowest BCUT2D eigenvalue weighted by Gasteiger charge is -2.08. The van der Waals surface area contributed by atoms with Crippen molar-refractivity contribution in [3.8, 4) is 11.4 Å². The van der Waals surface area contributed by atoms with E-state index in [1.807, 2.05) is 31.2 Å². The van der Waals surface area contributed by atoms with Crippen molar-refractivity contribution in [2.24, 2.45) is 5.73 Å². The molecule has 0 atom stereocenters. The predicted molar refractivity (Wildman–Crippen MR) is 77.6 cm³/mol. The van der Waals surface area contributed by atoms with Crippen molar-refractivity contribution in [2.45, 2.75) is 13.5 Å². The smallest absolute Gasteiger partial charge is 0.160 e. The molecule has 0 unspecified atom stereocenters. The number of hydrogen-bond donors (Lipinski definition) is 1. The van der Waals surface area contributed by atoms with Gasteiger partial charge in [-0.2, -0.15) is 0 Å². The van der Waals surface area contributed by atoms with Crippen LogP contribution in [-0.4, -0.2) is 9.97 Å². The first-order valence-electron chi connectivity index (χ1n) is 6.41. The summed E-state index contributed by atoms with van der Waals surface area (Å²) in [5.74, 6) is 0.345. The largest absolute Gasteiger partial charge is 0.325 e. The Morgan fingerprint density at radius 2 is 1.80 bits per heavy atom. The summed E-state index contributed by atoms with van der Waals surface area (Å²) in [6.45, 7) is 2.26. The maximum absolute atomic E-state index is 13.8. The van der Waals surface area contributed by atoms with Crippen LogP contribution in [0.2, 0.25) is 0 Å². The van der Waals surface area contributed by atoms with E-state index in [1.54, 1.807) is 12.1 Å². The second-order valence-corrected chi connectivity index (χ2v) is 4.67. The van der Waals surface area contributed by atoms with E-state index in [9.17, 15) is 4.39 Å². The SMILES string of the molecule is Cc1cc(CN)nc(-c2ccc(F)c3ccccc23)n1. The number of rotatable bonds is 2. The van der Waals surface area contributed by atoms with E-state index in [1.165, 1.54) is 6.07 Å². The first-order chi connectivity index (χ1) is 9.69. The molecule has 0 bridgehead atoms. The average Bonchev–Trinajstić information content (AvgIpc) is 2.47. The van der Waals surface area contributed by atoms with Gasteiger partial charge < -0.3 is 5.73 Å². The molecule has 1 heterocycles. The molecule has 2 aromatic carbocycles. The van der Waals surface area contributed by atoms with Crippen LogP contribution in [0.4, 0.5) is 4.39 Å². The summed E-state index contributed by atoms with van der Waals surface area (Å²) in [5.41, 5.74) is 8.10. The Balaban J connectivity index is 2.30. The van der Waals surface area contributed by atoms with Gasteiger partial charge in [-0.1, -0.05) is 24.3 Å². The van der Waals surface area contributed by atoms with Gasteiger partial charge in [0.1, 0.15) is 5.82 Å². The minimum Gasteiger partial charge on any atom is -0.325 e. The van der Waals surface area contributed by atoms with Gasteiger partial charge in [0.25, 0.3) is 0 Å². The van der Waals surface area contributed by atoms with E-state index in [0.29, 0.717) is 17.8 Å².